The lowest BCUT2D eigenvalue weighted by molar-refractivity contribution is -0.384. The molecule has 1 amide bonds. The third-order valence-corrected chi connectivity index (χ3v) is 3.80. The van der Waals surface area contributed by atoms with Gasteiger partial charge in [-0.2, -0.15) is 0 Å². The van der Waals surface area contributed by atoms with Gasteiger partial charge in [-0.3, -0.25) is 20.2 Å². The number of methoxy groups -OCH3 is 3. The van der Waals surface area contributed by atoms with Crippen LogP contribution in [0.25, 0.3) is 0 Å². The molecule has 0 unspecified atom stereocenters. The van der Waals surface area contributed by atoms with Crippen molar-refractivity contribution in [1.82, 2.24) is 5.32 Å². The smallest absolute Gasteiger partial charge is 0.271 e. The number of nitrogens with zero attached hydrogens (tertiary/aromatic N) is 1. The molecule has 0 aromatic heterocycles. The van der Waals surface area contributed by atoms with Crippen LogP contribution in [0.2, 0.25) is 0 Å². The number of anilines is 1. The predicted molar refractivity (Wildman–Crippen MR) is 105 cm³/mol. The highest BCUT2D eigenvalue weighted by Gasteiger charge is 2.18. The molecule has 0 bridgehead atoms. The molecule has 0 saturated heterocycles. The Morgan fingerprint density at radius 2 is 1.71 bits per heavy atom. The third kappa shape index (κ3) is 4.57. The van der Waals surface area contributed by atoms with Crippen LogP contribution in [0.15, 0.2) is 30.3 Å². The maximum absolute atomic E-state index is 12.5. The van der Waals surface area contributed by atoms with E-state index in [4.69, 9.17) is 26.4 Å². The van der Waals surface area contributed by atoms with Crippen LogP contribution < -0.4 is 24.8 Å². The Kier molecular flexibility index (Phi) is 6.55. The minimum absolute atomic E-state index is 0.0237. The van der Waals surface area contributed by atoms with E-state index in [1.165, 1.54) is 33.5 Å². The lowest BCUT2D eigenvalue weighted by Crippen LogP contribution is -2.34. The van der Waals surface area contributed by atoms with Gasteiger partial charge in [-0.15, -0.1) is 0 Å². The fourth-order valence-electron chi connectivity index (χ4n) is 2.28. The number of ether oxygens (including phenoxy) is 3. The number of hydrogen-bond acceptors (Lipinski definition) is 8. The molecule has 0 heterocycles. The van der Waals surface area contributed by atoms with E-state index in [-0.39, 0.29) is 39.3 Å². The summed E-state index contributed by atoms with van der Waals surface area (Å²) in [6, 6.07) is 6.24. The Morgan fingerprint density at radius 1 is 1.11 bits per heavy atom. The number of carbonyl (C=O) groups excluding carboxylic acids is 1. The number of phenols is 1. The van der Waals surface area contributed by atoms with Crippen molar-refractivity contribution in [3.8, 4) is 23.0 Å². The second-order valence-corrected chi connectivity index (χ2v) is 5.69. The number of amides is 1. The third-order valence-electron chi connectivity index (χ3n) is 3.59. The highest BCUT2D eigenvalue weighted by Crippen LogP contribution is 2.38. The number of carbonyl (C=O) groups is 1. The monoisotopic (exact) mass is 407 g/mol. The fourth-order valence-corrected chi connectivity index (χ4v) is 2.48. The molecule has 10 nitrogen and oxygen atoms in total. The molecule has 0 aliphatic heterocycles. The van der Waals surface area contributed by atoms with E-state index >= 15 is 0 Å². The van der Waals surface area contributed by atoms with E-state index in [0.29, 0.717) is 5.75 Å². The average molecular weight is 407 g/mol. The largest absolute Gasteiger partial charge is 0.506 e. The summed E-state index contributed by atoms with van der Waals surface area (Å²) >= 11 is 5.04. The van der Waals surface area contributed by atoms with Crippen LogP contribution in [0.4, 0.5) is 11.4 Å². The first-order valence-electron chi connectivity index (χ1n) is 7.70. The highest BCUT2D eigenvalue weighted by molar-refractivity contribution is 7.80. The van der Waals surface area contributed by atoms with Gasteiger partial charge in [-0.05, 0) is 30.4 Å². The Balaban J connectivity index is 2.20. The van der Waals surface area contributed by atoms with E-state index in [1.807, 2.05) is 0 Å². The zero-order chi connectivity index (χ0) is 20.8. The van der Waals surface area contributed by atoms with Crippen molar-refractivity contribution in [2.75, 3.05) is 26.6 Å². The summed E-state index contributed by atoms with van der Waals surface area (Å²) in [7, 11) is 4.26. The van der Waals surface area contributed by atoms with Crippen molar-refractivity contribution >= 4 is 34.6 Å². The first kappa shape index (κ1) is 20.7. The van der Waals surface area contributed by atoms with Gasteiger partial charge in [0.05, 0.1) is 31.9 Å². The second-order valence-electron chi connectivity index (χ2n) is 5.28. The molecule has 0 radical (unpaired) electrons. The van der Waals surface area contributed by atoms with Gasteiger partial charge in [0.2, 0.25) is 5.75 Å². The Bertz CT molecular complexity index is 908. The molecular formula is C17H17N3O7S. The first-order valence-corrected chi connectivity index (χ1v) is 8.11. The zero-order valence-electron chi connectivity index (χ0n) is 15.1. The molecule has 0 fully saturated rings. The Labute approximate surface area is 165 Å². The number of phenolic OH excluding ortho intramolecular Hbond substituents is 1. The minimum atomic E-state index is -0.623. The number of nitrogens with one attached hydrogen (secondary N) is 2. The van der Waals surface area contributed by atoms with Crippen LogP contribution in [-0.2, 0) is 0 Å². The standard InChI is InChI=1S/C17H17N3O7S/c1-25-13-6-9(7-14(26-2)15(13)27-3)16(22)19-17(28)18-11-8-10(20(23)24)4-5-12(11)21/h4-8,21H,1-3H3,(H2,18,19,22,28). The van der Waals surface area contributed by atoms with Gasteiger partial charge in [0.1, 0.15) is 5.75 Å². The van der Waals surface area contributed by atoms with Crippen molar-refractivity contribution in [2.45, 2.75) is 0 Å². The van der Waals surface area contributed by atoms with Crippen LogP contribution in [0.5, 0.6) is 23.0 Å². The normalized spacial score (nSPS) is 9.96. The molecule has 0 atom stereocenters. The molecule has 0 aliphatic rings. The van der Waals surface area contributed by atoms with Crippen molar-refractivity contribution in [1.29, 1.82) is 0 Å². The van der Waals surface area contributed by atoms with Gasteiger partial charge >= 0.3 is 0 Å². The van der Waals surface area contributed by atoms with Gasteiger partial charge in [0.25, 0.3) is 11.6 Å². The van der Waals surface area contributed by atoms with Crippen LogP contribution in [0.1, 0.15) is 10.4 Å². The van der Waals surface area contributed by atoms with E-state index in [1.54, 1.807) is 0 Å². The quantitative estimate of drug-likeness (QED) is 0.286. The first-order chi connectivity index (χ1) is 13.3. The highest BCUT2D eigenvalue weighted by atomic mass is 32.1. The van der Waals surface area contributed by atoms with Crippen molar-refractivity contribution in [3.63, 3.8) is 0 Å². The van der Waals surface area contributed by atoms with Crippen LogP contribution in [0, 0.1) is 10.1 Å². The molecule has 0 aliphatic carbocycles. The molecule has 2 aromatic carbocycles. The van der Waals surface area contributed by atoms with Gasteiger partial charge in [0.15, 0.2) is 16.6 Å². The lowest BCUT2D eigenvalue weighted by atomic mass is 10.1. The zero-order valence-corrected chi connectivity index (χ0v) is 16.0. The van der Waals surface area contributed by atoms with Gasteiger partial charge in [-0.1, -0.05) is 0 Å². The average Bonchev–Trinajstić information content (AvgIpc) is 2.67. The summed E-state index contributed by atoms with van der Waals surface area (Å²) in [4.78, 5) is 22.7. The van der Waals surface area contributed by atoms with Crippen molar-refractivity contribution < 1.29 is 29.0 Å². The molecule has 0 spiro atoms. The van der Waals surface area contributed by atoms with E-state index < -0.39 is 10.8 Å². The molecule has 2 rings (SSSR count). The molecule has 2 aromatic rings. The maximum atomic E-state index is 12.5. The summed E-state index contributed by atoms with van der Waals surface area (Å²) in [5.74, 6) is 0.0184. The molecule has 148 valence electrons. The number of nitro benzene ring substituents is 1. The van der Waals surface area contributed by atoms with Crippen LogP contribution in [0.3, 0.4) is 0 Å². The summed E-state index contributed by atoms with van der Waals surface area (Å²) in [5.41, 5.74) is -0.106. The fraction of sp³-hybridized carbons (Fsp3) is 0.176. The number of thiocarbonyl (C=S) groups is 1. The van der Waals surface area contributed by atoms with Crippen molar-refractivity contribution in [2.24, 2.45) is 0 Å². The van der Waals surface area contributed by atoms with Crippen LogP contribution >= 0.6 is 12.2 Å². The Morgan fingerprint density at radius 3 is 2.21 bits per heavy atom. The summed E-state index contributed by atoms with van der Waals surface area (Å²) in [6.07, 6.45) is 0. The van der Waals surface area contributed by atoms with E-state index in [2.05, 4.69) is 10.6 Å². The molecule has 3 N–H and O–H groups in total. The Hall–Kier alpha value is -3.60. The van der Waals surface area contributed by atoms with E-state index in [0.717, 1.165) is 18.2 Å². The van der Waals surface area contributed by atoms with Gasteiger partial charge in [0, 0.05) is 17.7 Å². The minimum Gasteiger partial charge on any atom is -0.506 e. The van der Waals surface area contributed by atoms with Gasteiger partial charge < -0.3 is 24.6 Å². The second kappa shape index (κ2) is 8.86. The molecule has 0 saturated carbocycles. The molecular weight excluding hydrogens is 390 g/mol. The molecule has 28 heavy (non-hydrogen) atoms. The van der Waals surface area contributed by atoms with E-state index in [9.17, 15) is 20.0 Å². The number of rotatable bonds is 6. The summed E-state index contributed by atoms with van der Waals surface area (Å²) < 4.78 is 15.6. The molecule has 11 heteroatoms. The predicted octanol–water partition coefficient (Wildman–Crippen LogP) is 2.45. The maximum Gasteiger partial charge on any atom is 0.271 e. The van der Waals surface area contributed by atoms with Gasteiger partial charge in [-0.25, -0.2) is 0 Å². The summed E-state index contributed by atoms with van der Waals surface area (Å²) in [6.45, 7) is 0. The number of aromatic hydroxyl groups is 1. The number of hydrogen-bond donors (Lipinski definition) is 3. The SMILES string of the molecule is COc1cc(C(=O)NC(=S)Nc2cc([N+](=O)[O-])ccc2O)cc(OC)c1OC. The van der Waals surface area contributed by atoms with Crippen molar-refractivity contribution in [3.05, 3.63) is 46.0 Å². The summed E-state index contributed by atoms with van der Waals surface area (Å²) in [5, 5.41) is 25.4. The lowest BCUT2D eigenvalue weighted by Gasteiger charge is -2.15. The topological polar surface area (TPSA) is 132 Å². The number of nitro groups is 1. The number of benzene rings is 2. The van der Waals surface area contributed by atoms with Crippen LogP contribution in [-0.4, -0.2) is 42.4 Å². The number of non-ortho nitro benzene ring substituents is 1.